The van der Waals surface area contributed by atoms with Crippen LogP contribution in [0.1, 0.15) is 11.1 Å². The summed E-state index contributed by atoms with van der Waals surface area (Å²) in [5.41, 5.74) is 1.95. The van der Waals surface area contributed by atoms with Crippen molar-refractivity contribution < 1.29 is 9.53 Å². The molecule has 1 aliphatic rings. The van der Waals surface area contributed by atoms with Crippen LogP contribution in [-0.4, -0.2) is 30.1 Å². The van der Waals surface area contributed by atoms with Crippen LogP contribution in [0.3, 0.4) is 0 Å². The average molecular weight is 543 g/mol. The normalized spacial score (nSPS) is 17.4. The summed E-state index contributed by atoms with van der Waals surface area (Å²) in [7, 11) is 3.41. The molecule has 7 heteroatoms. The molecule has 0 bridgehead atoms. The van der Waals surface area contributed by atoms with E-state index in [2.05, 4.69) is 55.6 Å². The van der Waals surface area contributed by atoms with E-state index in [0.717, 1.165) is 21.3 Å². The van der Waals surface area contributed by atoms with Crippen molar-refractivity contribution in [3.8, 4) is 5.75 Å². The van der Waals surface area contributed by atoms with Crippen molar-refractivity contribution in [3.05, 3.63) is 66.5 Å². The van der Waals surface area contributed by atoms with Crippen LogP contribution in [0.25, 0.3) is 6.08 Å². The van der Waals surface area contributed by atoms with Gasteiger partial charge in [0.2, 0.25) is 0 Å². The van der Waals surface area contributed by atoms with E-state index in [4.69, 9.17) is 4.74 Å². The fourth-order valence-electron chi connectivity index (χ4n) is 2.40. The Morgan fingerprint density at radius 1 is 1.27 bits per heavy atom. The number of nitrogens with zero attached hydrogens (tertiary/aromatic N) is 2. The highest BCUT2D eigenvalue weighted by Gasteiger charge is 2.29. The molecule has 1 saturated heterocycles. The van der Waals surface area contributed by atoms with Gasteiger partial charge in [-0.05, 0) is 76.3 Å². The van der Waals surface area contributed by atoms with Crippen molar-refractivity contribution in [1.82, 2.24) is 4.90 Å². The Balaban J connectivity index is 1.85. The molecule has 1 aliphatic heterocycles. The minimum absolute atomic E-state index is 0.0563. The van der Waals surface area contributed by atoms with Gasteiger partial charge in [-0.25, -0.2) is 0 Å². The fourth-order valence-corrected chi connectivity index (χ4v) is 4.05. The molecular weight excluding hydrogens is 527 g/mol. The Hall–Kier alpha value is -1.32. The molecule has 2 aromatic carbocycles. The van der Waals surface area contributed by atoms with Gasteiger partial charge in [0, 0.05) is 27.7 Å². The number of amidine groups is 1. The number of likely N-dealkylation sites (N-methyl/N-ethyl adjacent to an activating group) is 1. The van der Waals surface area contributed by atoms with Crippen LogP contribution in [-0.2, 0) is 11.4 Å². The highest BCUT2D eigenvalue weighted by molar-refractivity contribution is 14.1. The van der Waals surface area contributed by atoms with E-state index in [-0.39, 0.29) is 5.91 Å². The lowest BCUT2D eigenvalue weighted by Gasteiger charge is -2.10. The van der Waals surface area contributed by atoms with Gasteiger partial charge in [0.25, 0.3) is 5.91 Å². The third-order valence-electron chi connectivity index (χ3n) is 3.76. The van der Waals surface area contributed by atoms with Gasteiger partial charge in [0.15, 0.2) is 5.17 Å². The SMILES string of the molecule is CN=C1S/C(=C/c2cc(Br)ccc2OCc2ccc(I)cc2)C(=O)N1C. The minimum Gasteiger partial charge on any atom is -0.488 e. The first-order chi connectivity index (χ1) is 12.5. The van der Waals surface area contributed by atoms with Gasteiger partial charge in [0.1, 0.15) is 12.4 Å². The number of aliphatic imine (C=N–C) groups is 1. The van der Waals surface area contributed by atoms with Crippen LogP contribution in [0, 0.1) is 3.57 Å². The molecule has 4 nitrogen and oxygen atoms in total. The number of ether oxygens (including phenoxy) is 1. The molecule has 0 aliphatic carbocycles. The smallest absolute Gasteiger partial charge is 0.266 e. The molecule has 134 valence electrons. The van der Waals surface area contributed by atoms with E-state index in [0.29, 0.717) is 16.7 Å². The summed E-state index contributed by atoms with van der Waals surface area (Å²) < 4.78 is 8.13. The number of carbonyl (C=O) groups is 1. The molecule has 1 heterocycles. The minimum atomic E-state index is -0.0563. The molecule has 0 atom stereocenters. The van der Waals surface area contributed by atoms with Crippen LogP contribution < -0.4 is 4.74 Å². The molecule has 0 unspecified atom stereocenters. The quantitative estimate of drug-likeness (QED) is 0.395. The molecule has 0 radical (unpaired) electrons. The largest absolute Gasteiger partial charge is 0.488 e. The maximum absolute atomic E-state index is 12.4. The highest BCUT2D eigenvalue weighted by Crippen LogP contribution is 2.34. The molecule has 2 aromatic rings. The Bertz CT molecular complexity index is 897. The third-order valence-corrected chi connectivity index (χ3v) is 6.12. The zero-order valence-electron chi connectivity index (χ0n) is 14.2. The summed E-state index contributed by atoms with van der Waals surface area (Å²) in [6.45, 7) is 0.470. The second kappa shape index (κ2) is 8.58. The predicted molar refractivity (Wildman–Crippen MR) is 119 cm³/mol. The van der Waals surface area contributed by atoms with E-state index in [1.54, 1.807) is 19.0 Å². The van der Waals surface area contributed by atoms with Crippen LogP contribution in [0.4, 0.5) is 0 Å². The van der Waals surface area contributed by atoms with Crippen molar-refractivity contribution in [3.63, 3.8) is 0 Å². The van der Waals surface area contributed by atoms with Crippen molar-refractivity contribution in [2.75, 3.05) is 14.1 Å². The number of carbonyl (C=O) groups excluding carboxylic acids is 1. The summed E-state index contributed by atoms with van der Waals surface area (Å²) >= 11 is 7.14. The zero-order valence-corrected chi connectivity index (χ0v) is 18.8. The van der Waals surface area contributed by atoms with Crippen molar-refractivity contribution >= 4 is 67.4 Å². The average Bonchev–Trinajstić information content (AvgIpc) is 2.90. The molecule has 26 heavy (non-hydrogen) atoms. The van der Waals surface area contributed by atoms with Crippen LogP contribution in [0.2, 0.25) is 0 Å². The second-order valence-corrected chi connectivity index (χ2v) is 8.75. The standard InChI is InChI=1S/C19H16BrIN2O2S/c1-22-19-23(2)18(24)17(26-19)10-13-9-14(20)5-8-16(13)25-11-12-3-6-15(21)7-4-12/h3-10H,11H2,1-2H3/b17-10+,22-19?. The highest BCUT2D eigenvalue weighted by atomic mass is 127. The summed E-state index contributed by atoms with van der Waals surface area (Å²) in [5, 5.41) is 0.692. The Morgan fingerprint density at radius 2 is 2.00 bits per heavy atom. The van der Waals surface area contributed by atoms with E-state index in [1.807, 2.05) is 36.4 Å². The number of halogens is 2. The van der Waals surface area contributed by atoms with Crippen LogP contribution >= 0.6 is 50.3 Å². The van der Waals surface area contributed by atoms with Gasteiger partial charge in [-0.15, -0.1) is 0 Å². The van der Waals surface area contributed by atoms with Gasteiger partial charge in [-0.2, -0.15) is 0 Å². The fraction of sp³-hybridized carbons (Fsp3) is 0.158. The molecule has 0 saturated carbocycles. The van der Waals surface area contributed by atoms with Gasteiger partial charge in [-0.1, -0.05) is 28.1 Å². The maximum Gasteiger partial charge on any atom is 0.266 e. The van der Waals surface area contributed by atoms with E-state index >= 15 is 0 Å². The van der Waals surface area contributed by atoms with Crippen LogP contribution in [0.5, 0.6) is 5.75 Å². The molecule has 0 spiro atoms. The topological polar surface area (TPSA) is 41.9 Å². The van der Waals surface area contributed by atoms with Gasteiger partial charge >= 0.3 is 0 Å². The lowest BCUT2D eigenvalue weighted by Crippen LogP contribution is -2.23. The molecule has 3 rings (SSSR count). The number of benzene rings is 2. The third kappa shape index (κ3) is 4.50. The van der Waals surface area contributed by atoms with Crippen molar-refractivity contribution in [2.45, 2.75) is 6.61 Å². The van der Waals surface area contributed by atoms with E-state index in [1.165, 1.54) is 15.3 Å². The first kappa shape index (κ1) is 19.4. The summed E-state index contributed by atoms with van der Waals surface area (Å²) in [5.74, 6) is 0.677. The zero-order chi connectivity index (χ0) is 18.7. The summed E-state index contributed by atoms with van der Waals surface area (Å²) in [4.78, 5) is 18.7. The van der Waals surface area contributed by atoms with Gasteiger partial charge in [-0.3, -0.25) is 14.7 Å². The predicted octanol–water partition coefficient (Wildman–Crippen LogP) is 5.16. The van der Waals surface area contributed by atoms with Gasteiger partial charge < -0.3 is 4.74 Å². The first-order valence-electron chi connectivity index (χ1n) is 7.79. The Kier molecular flexibility index (Phi) is 6.42. The summed E-state index contributed by atoms with van der Waals surface area (Å²) in [6.07, 6.45) is 1.86. The Labute approximate surface area is 179 Å². The monoisotopic (exact) mass is 542 g/mol. The van der Waals surface area contributed by atoms with E-state index < -0.39 is 0 Å². The number of rotatable bonds is 4. The molecule has 1 amide bonds. The lowest BCUT2D eigenvalue weighted by atomic mass is 10.1. The number of thioether (sulfide) groups is 1. The maximum atomic E-state index is 12.4. The first-order valence-corrected chi connectivity index (χ1v) is 10.5. The van der Waals surface area contributed by atoms with Crippen molar-refractivity contribution in [1.29, 1.82) is 0 Å². The molecular formula is C19H16BrIN2O2S. The van der Waals surface area contributed by atoms with Gasteiger partial charge in [0.05, 0.1) is 4.91 Å². The second-order valence-electron chi connectivity index (χ2n) is 5.58. The molecule has 1 fully saturated rings. The lowest BCUT2D eigenvalue weighted by molar-refractivity contribution is -0.121. The van der Waals surface area contributed by atoms with E-state index in [9.17, 15) is 4.79 Å². The number of hydrogen-bond donors (Lipinski definition) is 0. The Morgan fingerprint density at radius 3 is 2.65 bits per heavy atom. The van der Waals surface area contributed by atoms with Crippen molar-refractivity contribution in [2.24, 2.45) is 4.99 Å². The number of amides is 1. The number of hydrogen-bond acceptors (Lipinski definition) is 4. The molecule has 0 N–H and O–H groups in total. The molecule has 0 aromatic heterocycles. The summed E-state index contributed by atoms with van der Waals surface area (Å²) in [6, 6.07) is 14.0. The van der Waals surface area contributed by atoms with Crippen LogP contribution in [0.15, 0.2) is 56.8 Å².